The zero-order valence-corrected chi connectivity index (χ0v) is 13.8. The van der Waals surface area contributed by atoms with Gasteiger partial charge < -0.3 is 19.9 Å². The molecule has 2 heterocycles. The number of carbonyl (C=O) groups excluding carboxylic acids is 3. The SMILES string of the molecule is CC[C@@H]1NC(=O)[C@H]2CN(C(=O)c3ccc(OC)cc3)CCN2C1=O. The van der Waals surface area contributed by atoms with Crippen molar-refractivity contribution in [3.8, 4) is 5.75 Å². The molecule has 3 amide bonds. The van der Waals surface area contributed by atoms with E-state index >= 15 is 0 Å². The highest BCUT2D eigenvalue weighted by Gasteiger charge is 2.43. The first-order valence-electron chi connectivity index (χ1n) is 8.09. The average molecular weight is 331 g/mol. The van der Waals surface area contributed by atoms with E-state index in [2.05, 4.69) is 5.32 Å². The van der Waals surface area contributed by atoms with Crippen LogP contribution in [-0.4, -0.2) is 66.3 Å². The Balaban J connectivity index is 1.73. The molecule has 0 unspecified atom stereocenters. The van der Waals surface area contributed by atoms with Crippen molar-refractivity contribution in [1.82, 2.24) is 15.1 Å². The van der Waals surface area contributed by atoms with Crippen LogP contribution in [0.25, 0.3) is 0 Å². The number of nitrogens with one attached hydrogen (secondary N) is 1. The Bertz CT molecular complexity index is 658. The highest BCUT2D eigenvalue weighted by Crippen LogP contribution is 2.20. The van der Waals surface area contributed by atoms with Gasteiger partial charge in [0.1, 0.15) is 17.8 Å². The van der Waals surface area contributed by atoms with Gasteiger partial charge in [0.25, 0.3) is 5.91 Å². The minimum absolute atomic E-state index is 0.0568. The van der Waals surface area contributed by atoms with Crippen molar-refractivity contribution in [1.29, 1.82) is 0 Å². The second kappa shape index (κ2) is 6.51. The topological polar surface area (TPSA) is 79.0 Å². The first-order chi connectivity index (χ1) is 11.5. The molecule has 2 atom stereocenters. The van der Waals surface area contributed by atoms with E-state index in [1.165, 1.54) is 0 Å². The van der Waals surface area contributed by atoms with Crippen molar-refractivity contribution in [2.45, 2.75) is 25.4 Å². The number of ether oxygens (including phenoxy) is 1. The number of benzene rings is 1. The third kappa shape index (κ3) is 2.81. The van der Waals surface area contributed by atoms with E-state index in [4.69, 9.17) is 4.74 Å². The summed E-state index contributed by atoms with van der Waals surface area (Å²) in [6.07, 6.45) is 0.572. The predicted molar refractivity (Wildman–Crippen MR) is 86.6 cm³/mol. The minimum atomic E-state index is -0.601. The van der Waals surface area contributed by atoms with Crippen molar-refractivity contribution in [2.24, 2.45) is 0 Å². The standard InChI is InChI=1S/C17H21N3O4/c1-3-13-17(23)20-9-8-19(10-14(20)15(21)18-13)16(22)11-4-6-12(24-2)7-5-11/h4-7,13-14H,3,8-10H2,1-2H3,(H,18,21)/t13-,14+/m0/s1. The molecule has 2 aliphatic heterocycles. The van der Waals surface area contributed by atoms with E-state index in [0.29, 0.717) is 30.8 Å². The summed E-state index contributed by atoms with van der Waals surface area (Å²) in [5.74, 6) is 0.293. The lowest BCUT2D eigenvalue weighted by molar-refractivity contribution is -0.152. The maximum Gasteiger partial charge on any atom is 0.254 e. The summed E-state index contributed by atoms with van der Waals surface area (Å²) in [5.41, 5.74) is 0.540. The van der Waals surface area contributed by atoms with E-state index < -0.39 is 12.1 Å². The minimum Gasteiger partial charge on any atom is -0.497 e. The van der Waals surface area contributed by atoms with Crippen molar-refractivity contribution < 1.29 is 19.1 Å². The van der Waals surface area contributed by atoms with Gasteiger partial charge in [-0.25, -0.2) is 0 Å². The number of hydrogen-bond donors (Lipinski definition) is 1. The fourth-order valence-corrected chi connectivity index (χ4v) is 3.18. The maximum atomic E-state index is 12.6. The monoisotopic (exact) mass is 331 g/mol. The molecule has 7 nitrogen and oxygen atoms in total. The Morgan fingerprint density at radius 3 is 2.58 bits per heavy atom. The Morgan fingerprint density at radius 1 is 1.25 bits per heavy atom. The van der Waals surface area contributed by atoms with Crippen molar-refractivity contribution >= 4 is 17.7 Å². The summed E-state index contributed by atoms with van der Waals surface area (Å²) in [7, 11) is 1.57. The van der Waals surface area contributed by atoms with Crippen LogP contribution in [0.1, 0.15) is 23.7 Å². The molecule has 0 saturated carbocycles. The molecule has 7 heteroatoms. The third-order valence-corrected chi connectivity index (χ3v) is 4.61. The highest BCUT2D eigenvalue weighted by molar-refractivity contribution is 5.99. The zero-order chi connectivity index (χ0) is 17.3. The number of piperazine rings is 2. The van der Waals surface area contributed by atoms with Crippen molar-refractivity contribution in [3.05, 3.63) is 29.8 Å². The first-order valence-corrected chi connectivity index (χ1v) is 8.09. The fourth-order valence-electron chi connectivity index (χ4n) is 3.18. The molecule has 1 aromatic rings. The molecule has 2 saturated heterocycles. The Hall–Kier alpha value is -2.57. The molecule has 0 aliphatic carbocycles. The van der Waals surface area contributed by atoms with Gasteiger partial charge >= 0.3 is 0 Å². The van der Waals surface area contributed by atoms with Gasteiger partial charge in [-0.05, 0) is 30.7 Å². The Morgan fingerprint density at radius 2 is 1.96 bits per heavy atom. The summed E-state index contributed by atoms with van der Waals surface area (Å²) < 4.78 is 5.09. The van der Waals surface area contributed by atoms with Crippen LogP contribution in [0.2, 0.25) is 0 Å². The van der Waals surface area contributed by atoms with Crippen LogP contribution < -0.4 is 10.1 Å². The second-order valence-electron chi connectivity index (χ2n) is 6.00. The van der Waals surface area contributed by atoms with Gasteiger partial charge in [0, 0.05) is 18.7 Å². The molecular formula is C17H21N3O4. The largest absolute Gasteiger partial charge is 0.497 e. The van der Waals surface area contributed by atoms with Gasteiger partial charge in [-0.2, -0.15) is 0 Å². The summed E-state index contributed by atoms with van der Waals surface area (Å²) in [6, 6.07) is 5.81. The molecule has 0 bridgehead atoms. The molecular weight excluding hydrogens is 310 g/mol. The van der Waals surface area contributed by atoms with Crippen LogP contribution >= 0.6 is 0 Å². The second-order valence-corrected chi connectivity index (χ2v) is 6.00. The van der Waals surface area contributed by atoms with Crippen LogP contribution in [-0.2, 0) is 9.59 Å². The van der Waals surface area contributed by atoms with E-state index in [0.717, 1.165) is 0 Å². The summed E-state index contributed by atoms with van der Waals surface area (Å²) in [4.78, 5) is 40.5. The lowest BCUT2D eigenvalue weighted by atomic mass is 10.0. The molecule has 24 heavy (non-hydrogen) atoms. The zero-order valence-electron chi connectivity index (χ0n) is 13.8. The van der Waals surface area contributed by atoms with Gasteiger partial charge in [-0.3, -0.25) is 14.4 Å². The van der Waals surface area contributed by atoms with Gasteiger partial charge in [-0.1, -0.05) is 6.92 Å². The molecule has 3 rings (SSSR count). The van der Waals surface area contributed by atoms with E-state index in [1.807, 2.05) is 6.92 Å². The lowest BCUT2D eigenvalue weighted by Crippen LogP contribution is -2.69. The number of carbonyl (C=O) groups is 3. The molecule has 0 aromatic heterocycles. The van der Waals surface area contributed by atoms with E-state index in [9.17, 15) is 14.4 Å². The number of methoxy groups -OCH3 is 1. The van der Waals surface area contributed by atoms with Crippen molar-refractivity contribution in [3.63, 3.8) is 0 Å². The number of hydrogen-bond acceptors (Lipinski definition) is 4. The molecule has 1 N–H and O–H groups in total. The summed E-state index contributed by atoms with van der Waals surface area (Å²) >= 11 is 0. The van der Waals surface area contributed by atoms with E-state index in [1.54, 1.807) is 41.2 Å². The molecule has 0 spiro atoms. The van der Waals surface area contributed by atoms with Crippen LogP contribution in [0.4, 0.5) is 0 Å². The van der Waals surface area contributed by atoms with Gasteiger partial charge in [-0.15, -0.1) is 0 Å². The number of nitrogens with zero attached hydrogens (tertiary/aromatic N) is 2. The predicted octanol–water partition coefficient (Wildman–Crippen LogP) is 0.257. The fraction of sp³-hybridized carbons (Fsp3) is 0.471. The van der Waals surface area contributed by atoms with Gasteiger partial charge in [0.15, 0.2) is 0 Å². The van der Waals surface area contributed by atoms with E-state index in [-0.39, 0.29) is 24.3 Å². The maximum absolute atomic E-state index is 12.6. The quantitative estimate of drug-likeness (QED) is 0.861. The normalized spacial score (nSPS) is 23.6. The third-order valence-electron chi connectivity index (χ3n) is 4.61. The van der Waals surface area contributed by atoms with Crippen LogP contribution in [0.5, 0.6) is 5.75 Å². The molecule has 2 fully saturated rings. The van der Waals surface area contributed by atoms with Crippen LogP contribution in [0, 0.1) is 0 Å². The lowest BCUT2D eigenvalue weighted by Gasteiger charge is -2.45. The van der Waals surface area contributed by atoms with Gasteiger partial charge in [0.05, 0.1) is 13.7 Å². The molecule has 2 aliphatic rings. The average Bonchev–Trinajstić information content (AvgIpc) is 2.63. The molecule has 1 aromatic carbocycles. The highest BCUT2D eigenvalue weighted by atomic mass is 16.5. The molecule has 0 radical (unpaired) electrons. The number of fused-ring (bicyclic) bond motifs is 1. The first kappa shape index (κ1) is 16.3. The number of rotatable bonds is 3. The smallest absolute Gasteiger partial charge is 0.254 e. The summed E-state index contributed by atoms with van der Waals surface area (Å²) in [5, 5.41) is 2.74. The van der Waals surface area contributed by atoms with Crippen molar-refractivity contribution in [2.75, 3.05) is 26.7 Å². The van der Waals surface area contributed by atoms with Crippen LogP contribution in [0.15, 0.2) is 24.3 Å². The van der Waals surface area contributed by atoms with Gasteiger partial charge in [0.2, 0.25) is 11.8 Å². The number of amides is 3. The summed E-state index contributed by atoms with van der Waals surface area (Å²) in [6.45, 7) is 2.90. The Kier molecular flexibility index (Phi) is 4.42. The Labute approximate surface area is 140 Å². The van der Waals surface area contributed by atoms with Crippen LogP contribution in [0.3, 0.4) is 0 Å². The molecule has 128 valence electrons.